The number of ether oxygens (including phenoxy) is 2. The molecular formula is C19H22BrN2O3+. The zero-order valence-corrected chi connectivity index (χ0v) is 16.0. The lowest BCUT2D eigenvalue weighted by molar-refractivity contribution is -0.907. The molecule has 2 aromatic carbocycles. The first kappa shape index (κ1) is 17.8. The molecule has 1 atom stereocenters. The molecule has 0 fully saturated rings. The number of carbonyl (C=O) groups is 1. The van der Waals surface area contributed by atoms with Crippen molar-refractivity contribution >= 4 is 27.5 Å². The van der Waals surface area contributed by atoms with E-state index in [2.05, 4.69) is 21.2 Å². The molecule has 5 nitrogen and oxygen atoms in total. The third-order valence-electron chi connectivity index (χ3n) is 4.41. The Morgan fingerprint density at radius 2 is 1.88 bits per heavy atom. The summed E-state index contributed by atoms with van der Waals surface area (Å²) < 4.78 is 11.7. The van der Waals surface area contributed by atoms with Gasteiger partial charge in [-0.2, -0.15) is 0 Å². The fourth-order valence-corrected chi connectivity index (χ4v) is 3.58. The van der Waals surface area contributed by atoms with Gasteiger partial charge in [-0.15, -0.1) is 0 Å². The number of carbonyl (C=O) groups excluding carboxylic acids is 1. The molecule has 1 heterocycles. The number of anilines is 1. The van der Waals surface area contributed by atoms with Crippen molar-refractivity contribution in [1.29, 1.82) is 0 Å². The normalized spacial score (nSPS) is 16.0. The number of rotatable bonds is 5. The Balaban J connectivity index is 1.65. The molecule has 1 unspecified atom stereocenters. The number of nitrogens with one attached hydrogen (secondary N) is 2. The minimum Gasteiger partial charge on any atom is -0.493 e. The van der Waals surface area contributed by atoms with Gasteiger partial charge in [-0.3, -0.25) is 4.79 Å². The van der Waals surface area contributed by atoms with Gasteiger partial charge in [0.05, 0.1) is 20.8 Å². The molecule has 2 aromatic rings. The third-order valence-corrected chi connectivity index (χ3v) is 4.91. The molecule has 0 saturated heterocycles. The second-order valence-corrected chi connectivity index (χ2v) is 7.05. The number of hydrogen-bond acceptors (Lipinski definition) is 3. The Kier molecular flexibility index (Phi) is 5.60. The van der Waals surface area contributed by atoms with Gasteiger partial charge in [-0.05, 0) is 35.9 Å². The largest absolute Gasteiger partial charge is 0.493 e. The first-order chi connectivity index (χ1) is 12.1. The number of halogens is 1. The van der Waals surface area contributed by atoms with Crippen molar-refractivity contribution in [1.82, 2.24) is 0 Å². The van der Waals surface area contributed by atoms with Gasteiger partial charge in [-0.25, -0.2) is 0 Å². The molecule has 0 aliphatic carbocycles. The third kappa shape index (κ3) is 4.32. The highest BCUT2D eigenvalue weighted by molar-refractivity contribution is 9.10. The molecule has 2 N–H and O–H groups in total. The average Bonchev–Trinajstić information content (AvgIpc) is 2.60. The van der Waals surface area contributed by atoms with Crippen LogP contribution in [0.5, 0.6) is 11.5 Å². The predicted molar refractivity (Wildman–Crippen MR) is 100 cm³/mol. The SMILES string of the molecule is COc1cc2c(cc1OC)C[NH+](CC(=O)Nc1cccc(Br)c1)CC2. The first-order valence-electron chi connectivity index (χ1n) is 8.22. The Morgan fingerprint density at radius 1 is 1.16 bits per heavy atom. The molecule has 0 aromatic heterocycles. The van der Waals surface area contributed by atoms with Crippen molar-refractivity contribution in [2.24, 2.45) is 0 Å². The second-order valence-electron chi connectivity index (χ2n) is 6.14. The van der Waals surface area contributed by atoms with Crippen LogP contribution < -0.4 is 19.7 Å². The standard InChI is InChI=1S/C19H21BrN2O3/c1-24-17-8-13-6-7-22(11-14(13)9-18(17)25-2)12-19(23)21-16-5-3-4-15(20)10-16/h3-5,8-10H,6-7,11-12H2,1-2H3,(H,21,23)/p+1. The van der Waals surface area contributed by atoms with E-state index in [4.69, 9.17) is 9.47 Å². The summed E-state index contributed by atoms with van der Waals surface area (Å²) in [4.78, 5) is 13.6. The predicted octanol–water partition coefficient (Wildman–Crippen LogP) is 2.05. The summed E-state index contributed by atoms with van der Waals surface area (Å²) in [6, 6.07) is 11.7. The van der Waals surface area contributed by atoms with E-state index in [0.29, 0.717) is 6.54 Å². The molecule has 0 saturated carbocycles. The summed E-state index contributed by atoms with van der Waals surface area (Å²) in [7, 11) is 3.29. The number of amides is 1. The monoisotopic (exact) mass is 405 g/mol. The minimum absolute atomic E-state index is 0.0250. The van der Waals surface area contributed by atoms with Crippen LogP contribution in [0.1, 0.15) is 11.1 Å². The van der Waals surface area contributed by atoms with Crippen molar-refractivity contribution in [3.05, 3.63) is 52.0 Å². The molecule has 3 rings (SSSR count). The van der Waals surface area contributed by atoms with Crippen LogP contribution in [0.4, 0.5) is 5.69 Å². The number of hydrogen-bond donors (Lipinski definition) is 2. The zero-order chi connectivity index (χ0) is 17.8. The molecule has 0 radical (unpaired) electrons. The van der Waals surface area contributed by atoms with Gasteiger partial charge in [0, 0.05) is 22.1 Å². The van der Waals surface area contributed by atoms with Gasteiger partial charge in [0.1, 0.15) is 6.54 Å². The van der Waals surface area contributed by atoms with E-state index in [-0.39, 0.29) is 5.91 Å². The van der Waals surface area contributed by atoms with Crippen LogP contribution in [-0.2, 0) is 17.8 Å². The molecule has 0 bridgehead atoms. The van der Waals surface area contributed by atoms with E-state index in [9.17, 15) is 4.79 Å². The van der Waals surface area contributed by atoms with Crippen LogP contribution in [0.2, 0.25) is 0 Å². The van der Waals surface area contributed by atoms with Crippen LogP contribution >= 0.6 is 15.9 Å². The molecular weight excluding hydrogens is 384 g/mol. The Labute approximate surface area is 156 Å². The van der Waals surface area contributed by atoms with Gasteiger partial charge in [0.15, 0.2) is 18.0 Å². The summed E-state index contributed by atoms with van der Waals surface area (Å²) in [5.74, 6) is 1.52. The molecule has 25 heavy (non-hydrogen) atoms. The van der Waals surface area contributed by atoms with Gasteiger partial charge in [0.2, 0.25) is 0 Å². The van der Waals surface area contributed by atoms with E-state index in [1.165, 1.54) is 16.0 Å². The Bertz CT molecular complexity index is 779. The van der Waals surface area contributed by atoms with Gasteiger partial charge < -0.3 is 19.7 Å². The maximum absolute atomic E-state index is 12.3. The maximum atomic E-state index is 12.3. The summed E-state index contributed by atoms with van der Waals surface area (Å²) >= 11 is 3.42. The number of fused-ring (bicyclic) bond motifs is 1. The Hall–Kier alpha value is -2.05. The molecule has 1 amide bonds. The molecule has 132 valence electrons. The topological polar surface area (TPSA) is 52.0 Å². The van der Waals surface area contributed by atoms with E-state index >= 15 is 0 Å². The average molecular weight is 406 g/mol. The number of quaternary nitrogens is 1. The van der Waals surface area contributed by atoms with Gasteiger partial charge >= 0.3 is 0 Å². The fraction of sp³-hybridized carbons (Fsp3) is 0.316. The van der Waals surface area contributed by atoms with E-state index in [1.54, 1.807) is 14.2 Å². The van der Waals surface area contributed by atoms with Crippen LogP contribution in [0.15, 0.2) is 40.9 Å². The van der Waals surface area contributed by atoms with Crippen LogP contribution in [0.25, 0.3) is 0 Å². The highest BCUT2D eigenvalue weighted by Crippen LogP contribution is 2.31. The minimum atomic E-state index is 0.0250. The van der Waals surface area contributed by atoms with E-state index < -0.39 is 0 Å². The Morgan fingerprint density at radius 3 is 2.56 bits per heavy atom. The second kappa shape index (κ2) is 7.89. The zero-order valence-electron chi connectivity index (χ0n) is 14.4. The van der Waals surface area contributed by atoms with Gasteiger partial charge in [-0.1, -0.05) is 22.0 Å². The van der Waals surface area contributed by atoms with Gasteiger partial charge in [0.25, 0.3) is 5.91 Å². The van der Waals surface area contributed by atoms with Crippen molar-refractivity contribution in [3.63, 3.8) is 0 Å². The summed E-state index contributed by atoms with van der Waals surface area (Å²) in [6.07, 6.45) is 0.926. The van der Waals surface area contributed by atoms with Crippen molar-refractivity contribution < 1.29 is 19.2 Å². The van der Waals surface area contributed by atoms with Crippen molar-refractivity contribution in [3.8, 4) is 11.5 Å². The van der Waals surface area contributed by atoms with E-state index in [1.807, 2.05) is 36.4 Å². The smallest absolute Gasteiger partial charge is 0.279 e. The summed E-state index contributed by atoms with van der Waals surface area (Å²) in [5.41, 5.74) is 3.30. The molecule has 1 aliphatic rings. The first-order valence-corrected chi connectivity index (χ1v) is 9.01. The lowest BCUT2D eigenvalue weighted by Gasteiger charge is -2.26. The van der Waals surface area contributed by atoms with Crippen molar-refractivity contribution in [2.75, 3.05) is 32.6 Å². The highest BCUT2D eigenvalue weighted by Gasteiger charge is 2.24. The number of benzene rings is 2. The van der Waals surface area contributed by atoms with Crippen molar-refractivity contribution in [2.45, 2.75) is 13.0 Å². The molecule has 0 spiro atoms. The van der Waals surface area contributed by atoms with Crippen LogP contribution in [-0.4, -0.2) is 33.2 Å². The number of methoxy groups -OCH3 is 2. The lowest BCUT2D eigenvalue weighted by Crippen LogP contribution is -3.12. The quantitative estimate of drug-likeness (QED) is 0.800. The van der Waals surface area contributed by atoms with Crippen LogP contribution in [0.3, 0.4) is 0 Å². The molecule has 6 heteroatoms. The highest BCUT2D eigenvalue weighted by atomic mass is 79.9. The summed E-state index contributed by atoms with van der Waals surface area (Å²) in [6.45, 7) is 2.18. The fourth-order valence-electron chi connectivity index (χ4n) is 3.18. The summed E-state index contributed by atoms with van der Waals surface area (Å²) in [5, 5.41) is 2.96. The maximum Gasteiger partial charge on any atom is 0.279 e. The van der Waals surface area contributed by atoms with Crippen LogP contribution in [0, 0.1) is 0 Å². The van der Waals surface area contributed by atoms with E-state index in [0.717, 1.165) is 41.2 Å². The molecule has 1 aliphatic heterocycles. The lowest BCUT2D eigenvalue weighted by atomic mass is 9.99.